The van der Waals surface area contributed by atoms with Crippen LogP contribution in [0.1, 0.15) is 98.7 Å². The third-order valence-electron chi connectivity index (χ3n) is 11.6. The van der Waals surface area contributed by atoms with E-state index < -0.39 is 5.92 Å². The minimum absolute atomic E-state index is 0. The summed E-state index contributed by atoms with van der Waals surface area (Å²) in [6.45, 7) is 7.26. The SMILES string of the molecule is Cn1cncc1CN1CCN(CC[C@H](CC(=O)C2CCC(F)(F)CC2)c2ccccc2)C[C@@H]1CN(CCCCN)[C@H]1CCCc2cccnc21.S.S. The van der Waals surface area contributed by atoms with Crippen molar-refractivity contribution in [2.24, 2.45) is 18.7 Å². The van der Waals surface area contributed by atoms with Gasteiger partial charge in [0.1, 0.15) is 5.78 Å². The highest BCUT2D eigenvalue weighted by Crippen LogP contribution is 2.38. The molecule has 3 atom stereocenters. The Morgan fingerprint density at radius 2 is 1.85 bits per heavy atom. The van der Waals surface area contributed by atoms with Crippen LogP contribution in [0.15, 0.2) is 61.2 Å². The van der Waals surface area contributed by atoms with E-state index in [9.17, 15) is 13.6 Å². The number of hydrogen-bond donors (Lipinski definition) is 1. The van der Waals surface area contributed by atoms with Gasteiger partial charge in [0.15, 0.2) is 0 Å². The smallest absolute Gasteiger partial charge is 0.248 e. The zero-order chi connectivity index (χ0) is 34.9. The average Bonchev–Trinajstić information content (AvgIpc) is 3.54. The normalized spacial score (nSPS) is 21.6. The average molecular weight is 758 g/mol. The molecule has 2 fully saturated rings. The number of alkyl halides is 2. The zero-order valence-corrected chi connectivity index (χ0v) is 32.9. The number of fused-ring (bicyclic) bond motifs is 1. The second-order valence-corrected chi connectivity index (χ2v) is 15.1. The van der Waals surface area contributed by atoms with Gasteiger partial charge in [0.05, 0.1) is 23.8 Å². The number of nitrogens with two attached hydrogens (primary N) is 1. The minimum atomic E-state index is -2.62. The lowest BCUT2D eigenvalue weighted by molar-refractivity contribution is -0.127. The van der Waals surface area contributed by atoms with Crippen molar-refractivity contribution in [1.82, 2.24) is 29.2 Å². The van der Waals surface area contributed by atoms with Gasteiger partial charge in [-0.15, -0.1) is 0 Å². The fourth-order valence-electron chi connectivity index (χ4n) is 8.55. The van der Waals surface area contributed by atoms with Gasteiger partial charge in [0.25, 0.3) is 0 Å². The lowest BCUT2D eigenvalue weighted by Gasteiger charge is -2.45. The van der Waals surface area contributed by atoms with Crippen LogP contribution in [0.5, 0.6) is 0 Å². The summed E-state index contributed by atoms with van der Waals surface area (Å²) < 4.78 is 29.9. The van der Waals surface area contributed by atoms with Crippen molar-refractivity contribution in [3.8, 4) is 0 Å². The molecule has 1 saturated carbocycles. The first-order valence-corrected chi connectivity index (χ1v) is 19.0. The maximum atomic E-state index is 13.9. The standard InChI is InChI=1S/C40H57F2N7O.2H2S/c1-46-30-44-26-35(46)28-48-24-23-47(22-16-34(31-9-3-2-4-10-31)25-38(50)32-14-17-40(41,42)18-15-32)27-36(48)29-49(21-6-5-19-43)37-13-7-11-33-12-8-20-45-39(33)37;;/h2-4,8-10,12,20,26,30,32,34,36-37H,5-7,11,13-19,21-25,27-29,43H2,1H3;2*1H2/t34-,36-,37+;;/m1../s1. The Morgan fingerprint density at radius 3 is 2.58 bits per heavy atom. The Balaban J connectivity index is 0.00000302. The number of benzene rings is 1. The van der Waals surface area contributed by atoms with Crippen molar-refractivity contribution in [3.63, 3.8) is 0 Å². The molecule has 12 heteroatoms. The topological polar surface area (TPSA) is 83.5 Å². The largest absolute Gasteiger partial charge is 0.337 e. The number of unbranched alkanes of at least 4 members (excludes halogenated alkanes) is 1. The zero-order valence-electron chi connectivity index (χ0n) is 30.9. The molecule has 8 nitrogen and oxygen atoms in total. The summed E-state index contributed by atoms with van der Waals surface area (Å²) in [5.74, 6) is -2.63. The van der Waals surface area contributed by atoms with E-state index in [-0.39, 0.29) is 57.5 Å². The lowest BCUT2D eigenvalue weighted by Crippen LogP contribution is -2.57. The molecule has 2 N–H and O–H groups in total. The first-order valence-electron chi connectivity index (χ1n) is 19.0. The summed E-state index contributed by atoms with van der Waals surface area (Å²) in [4.78, 5) is 30.8. The molecule has 1 aliphatic heterocycles. The van der Waals surface area contributed by atoms with E-state index in [1.807, 2.05) is 36.9 Å². The van der Waals surface area contributed by atoms with Crippen LogP contribution in [0, 0.1) is 5.92 Å². The van der Waals surface area contributed by atoms with Gasteiger partial charge in [0, 0.05) is 83.4 Å². The molecule has 0 unspecified atom stereocenters. The van der Waals surface area contributed by atoms with Gasteiger partial charge < -0.3 is 15.2 Å². The number of imidazole rings is 1. The molecule has 0 spiro atoms. The van der Waals surface area contributed by atoms with Crippen LogP contribution in [-0.2, 0) is 24.8 Å². The van der Waals surface area contributed by atoms with Gasteiger partial charge in [-0.3, -0.25) is 19.6 Å². The first-order chi connectivity index (χ1) is 24.3. The summed E-state index contributed by atoms with van der Waals surface area (Å²) in [7, 11) is 2.07. The van der Waals surface area contributed by atoms with Crippen LogP contribution in [0.4, 0.5) is 8.78 Å². The van der Waals surface area contributed by atoms with Crippen LogP contribution in [0.25, 0.3) is 0 Å². The lowest BCUT2D eigenvalue weighted by atomic mass is 9.79. The summed E-state index contributed by atoms with van der Waals surface area (Å²) >= 11 is 0. The van der Waals surface area contributed by atoms with E-state index in [1.165, 1.54) is 28.9 Å². The molecule has 0 bridgehead atoms. The predicted molar refractivity (Wildman–Crippen MR) is 215 cm³/mol. The van der Waals surface area contributed by atoms with E-state index in [0.717, 1.165) is 77.9 Å². The molecule has 1 aromatic carbocycles. The van der Waals surface area contributed by atoms with Crippen LogP contribution < -0.4 is 5.73 Å². The number of Topliss-reactive ketones (excluding diaryl/α,β-unsaturated/α-hetero) is 1. The third kappa shape index (κ3) is 11.3. The van der Waals surface area contributed by atoms with Gasteiger partial charge in [0.2, 0.25) is 5.92 Å². The van der Waals surface area contributed by atoms with Gasteiger partial charge in [-0.2, -0.15) is 27.0 Å². The molecular weight excluding hydrogens is 697 g/mol. The van der Waals surface area contributed by atoms with E-state index in [1.54, 1.807) is 0 Å². The predicted octanol–water partition coefficient (Wildman–Crippen LogP) is 6.60. The number of halogens is 2. The number of nitrogens with zero attached hydrogens (tertiary/aromatic N) is 6. The fraction of sp³-hybridized carbons (Fsp3) is 0.625. The highest BCUT2D eigenvalue weighted by Gasteiger charge is 2.38. The monoisotopic (exact) mass is 757 g/mol. The van der Waals surface area contributed by atoms with Crippen molar-refractivity contribution in [3.05, 3.63) is 83.7 Å². The minimum Gasteiger partial charge on any atom is -0.337 e. The van der Waals surface area contributed by atoms with E-state index in [4.69, 9.17) is 10.7 Å². The Morgan fingerprint density at radius 1 is 1.06 bits per heavy atom. The number of hydrogen-bond acceptors (Lipinski definition) is 7. The molecule has 6 rings (SSSR count). The van der Waals surface area contributed by atoms with Crippen LogP contribution in [0.2, 0.25) is 0 Å². The van der Waals surface area contributed by atoms with Gasteiger partial charge in [-0.1, -0.05) is 36.4 Å². The number of ketones is 1. The first kappa shape index (κ1) is 42.4. The van der Waals surface area contributed by atoms with E-state index in [0.29, 0.717) is 37.9 Å². The van der Waals surface area contributed by atoms with Crippen LogP contribution >= 0.6 is 27.0 Å². The number of pyridine rings is 1. The van der Waals surface area contributed by atoms with Crippen LogP contribution in [0.3, 0.4) is 0 Å². The van der Waals surface area contributed by atoms with Crippen molar-refractivity contribution in [2.45, 2.75) is 101 Å². The number of carbonyl (C=O) groups is 1. The number of rotatable bonds is 16. The molecule has 2 aliphatic carbocycles. The van der Waals surface area contributed by atoms with Crippen molar-refractivity contribution >= 4 is 32.8 Å². The maximum absolute atomic E-state index is 13.9. The second kappa shape index (κ2) is 20.4. The van der Waals surface area contributed by atoms with Gasteiger partial charge in [-0.25, -0.2) is 13.8 Å². The number of aryl methyl sites for hydroxylation is 2. The molecule has 3 aromatic rings. The summed E-state index contributed by atoms with van der Waals surface area (Å²) in [6, 6.07) is 15.3. The number of aromatic nitrogens is 3. The second-order valence-electron chi connectivity index (χ2n) is 15.1. The van der Waals surface area contributed by atoms with Gasteiger partial charge >= 0.3 is 0 Å². The Labute approximate surface area is 323 Å². The molecule has 3 aliphatic rings. The summed E-state index contributed by atoms with van der Waals surface area (Å²) in [5.41, 5.74) is 11.0. The maximum Gasteiger partial charge on any atom is 0.248 e. The Kier molecular flexibility index (Phi) is 16.6. The highest BCUT2D eigenvalue weighted by atomic mass is 32.1. The Bertz CT molecular complexity index is 1500. The van der Waals surface area contributed by atoms with E-state index in [2.05, 4.69) is 55.6 Å². The third-order valence-corrected chi connectivity index (χ3v) is 11.6. The van der Waals surface area contributed by atoms with Gasteiger partial charge in [-0.05, 0) is 94.1 Å². The number of piperazine rings is 1. The summed E-state index contributed by atoms with van der Waals surface area (Å²) in [6.07, 6.45) is 12.8. The van der Waals surface area contributed by atoms with Crippen molar-refractivity contribution in [2.75, 3.05) is 45.8 Å². The quantitative estimate of drug-likeness (QED) is 0.165. The van der Waals surface area contributed by atoms with E-state index >= 15 is 0 Å². The molecule has 2 aromatic heterocycles. The fourth-order valence-corrected chi connectivity index (χ4v) is 8.55. The summed E-state index contributed by atoms with van der Waals surface area (Å²) in [5, 5.41) is 0. The molecule has 1 saturated heterocycles. The Hall–Kier alpha value is -2.35. The highest BCUT2D eigenvalue weighted by molar-refractivity contribution is 7.59. The molecule has 3 heterocycles. The molecule has 52 heavy (non-hydrogen) atoms. The molecule has 288 valence electrons. The molecular formula is C40H61F2N7OS2. The molecule has 0 radical (unpaired) electrons. The van der Waals surface area contributed by atoms with Crippen LogP contribution in [-0.4, -0.2) is 92.8 Å². The molecule has 0 amide bonds. The van der Waals surface area contributed by atoms with Crippen molar-refractivity contribution < 1.29 is 13.6 Å². The number of carbonyl (C=O) groups excluding carboxylic acids is 1. The van der Waals surface area contributed by atoms with Crippen molar-refractivity contribution in [1.29, 1.82) is 0 Å².